The first-order chi connectivity index (χ1) is 8.11. The molecule has 0 aliphatic carbocycles. The van der Waals surface area contributed by atoms with Gasteiger partial charge < -0.3 is 4.52 Å². The van der Waals surface area contributed by atoms with Gasteiger partial charge in [-0.15, -0.1) is 11.6 Å². The molecule has 2 aromatic rings. The van der Waals surface area contributed by atoms with Gasteiger partial charge in [0.1, 0.15) is 0 Å². The first kappa shape index (κ1) is 12.6. The molecule has 1 aromatic heterocycles. The van der Waals surface area contributed by atoms with Crippen molar-refractivity contribution in [1.29, 1.82) is 0 Å². The summed E-state index contributed by atoms with van der Waals surface area (Å²) in [7, 11) is 0. The van der Waals surface area contributed by atoms with Crippen LogP contribution in [0.3, 0.4) is 0 Å². The summed E-state index contributed by atoms with van der Waals surface area (Å²) < 4.78 is 6.27. The molecule has 0 amide bonds. The molecule has 1 atom stereocenters. The molecule has 0 fully saturated rings. The van der Waals surface area contributed by atoms with Crippen molar-refractivity contribution in [2.24, 2.45) is 0 Å². The molecule has 0 spiro atoms. The molecule has 1 aromatic carbocycles. The van der Waals surface area contributed by atoms with Crippen molar-refractivity contribution in [1.82, 2.24) is 10.1 Å². The quantitative estimate of drug-likeness (QED) is 0.783. The Labute approximate surface area is 113 Å². The second-order valence-electron chi connectivity index (χ2n) is 3.80. The Balaban J connectivity index is 2.33. The highest BCUT2D eigenvalue weighted by Crippen LogP contribution is 2.26. The fourth-order valence-corrected chi connectivity index (χ4v) is 1.77. The predicted octanol–water partition coefficient (Wildman–Crippen LogP) is 4.50. The summed E-state index contributed by atoms with van der Waals surface area (Å²) in [4.78, 5) is 4.30. The van der Waals surface area contributed by atoms with E-state index in [1.54, 1.807) is 0 Å². The second kappa shape index (κ2) is 5.19. The van der Waals surface area contributed by atoms with Crippen LogP contribution in [0.4, 0.5) is 0 Å². The smallest absolute Gasteiger partial charge is 0.257 e. The van der Waals surface area contributed by atoms with Gasteiger partial charge in [0.15, 0.2) is 5.82 Å². The molecule has 3 nitrogen and oxygen atoms in total. The zero-order chi connectivity index (χ0) is 12.4. The Hall–Kier alpha value is -0.870. The van der Waals surface area contributed by atoms with Crippen LogP contribution in [0.1, 0.15) is 30.1 Å². The Kier molecular flexibility index (Phi) is 3.84. The summed E-state index contributed by atoms with van der Waals surface area (Å²) in [5.74, 6) is 1.06. The van der Waals surface area contributed by atoms with Gasteiger partial charge in [0.2, 0.25) is 0 Å². The van der Waals surface area contributed by atoms with Crippen LogP contribution in [0.15, 0.2) is 27.2 Å². The zero-order valence-electron chi connectivity index (χ0n) is 9.58. The first-order valence-electron chi connectivity index (χ1n) is 5.36. The molecule has 0 bridgehead atoms. The molecule has 17 heavy (non-hydrogen) atoms. The molecule has 0 radical (unpaired) electrons. The number of aryl methyl sites for hydroxylation is 1. The van der Waals surface area contributed by atoms with Gasteiger partial charge in [0.25, 0.3) is 5.89 Å². The monoisotopic (exact) mass is 314 g/mol. The van der Waals surface area contributed by atoms with Gasteiger partial charge in [-0.1, -0.05) is 28.0 Å². The standard InChI is InChI=1S/C12H12BrClN2O/c1-3-10(14)11-15-12(17-16-11)8-4-5-9(13)7(2)6-8/h4-6,10H,3H2,1-2H3. The molecule has 1 heterocycles. The molecule has 0 saturated heterocycles. The lowest BCUT2D eigenvalue weighted by atomic mass is 10.1. The van der Waals surface area contributed by atoms with Crippen LogP contribution in [-0.2, 0) is 0 Å². The summed E-state index contributed by atoms with van der Waals surface area (Å²) in [5, 5.41) is 3.69. The number of benzene rings is 1. The van der Waals surface area contributed by atoms with Crippen LogP contribution < -0.4 is 0 Å². The van der Waals surface area contributed by atoms with Crippen LogP contribution in [0.25, 0.3) is 11.5 Å². The summed E-state index contributed by atoms with van der Waals surface area (Å²) in [6.07, 6.45) is 0.778. The minimum Gasteiger partial charge on any atom is -0.334 e. The van der Waals surface area contributed by atoms with Gasteiger partial charge in [-0.25, -0.2) is 0 Å². The second-order valence-corrected chi connectivity index (χ2v) is 5.18. The fraction of sp³-hybridized carbons (Fsp3) is 0.333. The lowest BCUT2D eigenvalue weighted by Crippen LogP contribution is -1.90. The van der Waals surface area contributed by atoms with Crippen LogP contribution in [-0.4, -0.2) is 10.1 Å². The van der Waals surface area contributed by atoms with Gasteiger partial charge >= 0.3 is 0 Å². The number of rotatable bonds is 3. The summed E-state index contributed by atoms with van der Waals surface area (Å²) in [6, 6.07) is 5.90. The number of alkyl halides is 1. The summed E-state index contributed by atoms with van der Waals surface area (Å²) >= 11 is 9.51. The highest BCUT2D eigenvalue weighted by molar-refractivity contribution is 9.10. The van der Waals surface area contributed by atoms with Crippen molar-refractivity contribution in [2.45, 2.75) is 25.6 Å². The molecule has 1 unspecified atom stereocenters. The molecule has 90 valence electrons. The molecule has 0 aliphatic rings. The van der Waals surface area contributed by atoms with Crippen molar-refractivity contribution < 1.29 is 4.52 Å². The molecule has 0 saturated carbocycles. The van der Waals surface area contributed by atoms with Gasteiger partial charge in [0.05, 0.1) is 5.38 Å². The van der Waals surface area contributed by atoms with E-state index >= 15 is 0 Å². The van der Waals surface area contributed by atoms with Crippen molar-refractivity contribution in [3.63, 3.8) is 0 Å². The number of halogens is 2. The Bertz CT molecular complexity index is 527. The van der Waals surface area contributed by atoms with Crippen LogP contribution in [0.2, 0.25) is 0 Å². The molecule has 5 heteroatoms. The fourth-order valence-electron chi connectivity index (χ4n) is 1.44. The van der Waals surface area contributed by atoms with Crippen molar-refractivity contribution >= 4 is 27.5 Å². The van der Waals surface area contributed by atoms with E-state index in [2.05, 4.69) is 26.1 Å². The normalized spacial score (nSPS) is 12.7. The van der Waals surface area contributed by atoms with Crippen molar-refractivity contribution in [3.05, 3.63) is 34.1 Å². The van der Waals surface area contributed by atoms with Crippen LogP contribution in [0, 0.1) is 6.92 Å². The SMILES string of the molecule is CCC(Cl)c1noc(-c2ccc(Br)c(C)c2)n1. The molecule has 0 aliphatic heterocycles. The van der Waals surface area contributed by atoms with E-state index in [4.69, 9.17) is 16.1 Å². The van der Waals surface area contributed by atoms with E-state index in [9.17, 15) is 0 Å². The van der Waals surface area contributed by atoms with E-state index in [1.165, 1.54) is 0 Å². The maximum Gasteiger partial charge on any atom is 0.257 e. The zero-order valence-corrected chi connectivity index (χ0v) is 11.9. The lowest BCUT2D eigenvalue weighted by Gasteiger charge is -1.99. The van der Waals surface area contributed by atoms with E-state index < -0.39 is 0 Å². The van der Waals surface area contributed by atoms with Crippen LogP contribution >= 0.6 is 27.5 Å². The number of nitrogens with zero attached hydrogens (tertiary/aromatic N) is 2. The maximum absolute atomic E-state index is 6.06. The predicted molar refractivity (Wildman–Crippen MR) is 71.1 cm³/mol. The minimum atomic E-state index is -0.191. The summed E-state index contributed by atoms with van der Waals surface area (Å²) in [6.45, 7) is 4.00. The Morgan fingerprint density at radius 1 is 1.47 bits per heavy atom. The largest absolute Gasteiger partial charge is 0.334 e. The van der Waals surface area contributed by atoms with Crippen LogP contribution in [0.5, 0.6) is 0 Å². The van der Waals surface area contributed by atoms with Crippen molar-refractivity contribution in [3.8, 4) is 11.5 Å². The van der Waals surface area contributed by atoms with Gasteiger partial charge in [-0.3, -0.25) is 0 Å². The average Bonchev–Trinajstić information content (AvgIpc) is 2.81. The number of hydrogen-bond donors (Lipinski definition) is 0. The van der Waals surface area contributed by atoms with Gasteiger partial charge in [-0.2, -0.15) is 4.98 Å². The Morgan fingerprint density at radius 3 is 2.88 bits per heavy atom. The van der Waals surface area contributed by atoms with E-state index in [0.29, 0.717) is 11.7 Å². The van der Waals surface area contributed by atoms with E-state index in [-0.39, 0.29) is 5.38 Å². The molecular weight excluding hydrogens is 304 g/mol. The van der Waals surface area contributed by atoms with E-state index in [1.807, 2.05) is 32.0 Å². The third-order valence-corrected chi connectivity index (χ3v) is 3.88. The highest BCUT2D eigenvalue weighted by atomic mass is 79.9. The average molecular weight is 316 g/mol. The third-order valence-electron chi connectivity index (χ3n) is 2.49. The maximum atomic E-state index is 6.06. The third kappa shape index (κ3) is 2.69. The highest BCUT2D eigenvalue weighted by Gasteiger charge is 2.15. The lowest BCUT2D eigenvalue weighted by molar-refractivity contribution is 0.421. The topological polar surface area (TPSA) is 38.9 Å². The van der Waals surface area contributed by atoms with E-state index in [0.717, 1.165) is 22.0 Å². The number of hydrogen-bond acceptors (Lipinski definition) is 3. The number of aromatic nitrogens is 2. The summed E-state index contributed by atoms with van der Waals surface area (Å²) in [5.41, 5.74) is 2.03. The minimum absolute atomic E-state index is 0.191. The molecular formula is C12H12BrClN2O. The van der Waals surface area contributed by atoms with Gasteiger partial charge in [-0.05, 0) is 37.1 Å². The van der Waals surface area contributed by atoms with Crippen molar-refractivity contribution in [2.75, 3.05) is 0 Å². The molecule has 2 rings (SSSR count). The Morgan fingerprint density at radius 2 is 2.24 bits per heavy atom. The van der Waals surface area contributed by atoms with Gasteiger partial charge in [0, 0.05) is 10.0 Å². The molecule has 0 N–H and O–H groups in total. The first-order valence-corrected chi connectivity index (χ1v) is 6.59.